The number of carbonyl (C=O) groups is 2. The molecule has 6 heteroatoms. The summed E-state index contributed by atoms with van der Waals surface area (Å²) in [4.78, 5) is 30.1. The zero-order chi connectivity index (χ0) is 23.0. The van der Waals surface area contributed by atoms with E-state index in [1.165, 1.54) is 0 Å². The van der Waals surface area contributed by atoms with Crippen molar-refractivity contribution < 1.29 is 9.59 Å². The topological polar surface area (TPSA) is 64.7 Å². The first-order chi connectivity index (χ1) is 14.6. The van der Waals surface area contributed by atoms with E-state index in [-0.39, 0.29) is 17.2 Å². The Morgan fingerprint density at radius 3 is 2.35 bits per heavy atom. The van der Waals surface area contributed by atoms with Gasteiger partial charge in [-0.1, -0.05) is 41.5 Å². The summed E-state index contributed by atoms with van der Waals surface area (Å²) in [6, 6.07) is 5.74. The number of carbonyl (C=O) groups excluding carboxylic acids is 2. The van der Waals surface area contributed by atoms with E-state index in [9.17, 15) is 9.59 Å². The lowest BCUT2D eigenvalue weighted by Gasteiger charge is -2.33. The molecule has 1 fully saturated rings. The Hall–Kier alpha value is -2.08. The van der Waals surface area contributed by atoms with Gasteiger partial charge in [-0.05, 0) is 55.5 Å². The third kappa shape index (κ3) is 8.17. The predicted octanol–water partition coefficient (Wildman–Crippen LogP) is 4.37. The Bertz CT molecular complexity index is 730. The summed E-state index contributed by atoms with van der Waals surface area (Å²) in [6.45, 7) is 18.0. The first-order valence-electron chi connectivity index (χ1n) is 11.8. The van der Waals surface area contributed by atoms with Crippen molar-refractivity contribution in [2.24, 2.45) is 11.3 Å². The second-order valence-electron chi connectivity index (χ2n) is 9.97. The van der Waals surface area contributed by atoms with Gasteiger partial charge >= 0.3 is 0 Å². The van der Waals surface area contributed by atoms with Crippen LogP contribution in [0.2, 0.25) is 0 Å². The molecule has 174 valence electrons. The van der Waals surface area contributed by atoms with Crippen LogP contribution in [0.25, 0.3) is 0 Å². The van der Waals surface area contributed by atoms with Gasteiger partial charge in [-0.25, -0.2) is 0 Å². The standard InChI is InChI=1S/C25H42N4O2/c1-7-28(8-2)16-13-26-24(31)21-17-20(27-23(30)18-25(4,5)6)9-10-22(21)29-14-11-19(3)12-15-29/h9-10,17,19H,7-8,11-16,18H2,1-6H3,(H,26,31)(H,27,30). The summed E-state index contributed by atoms with van der Waals surface area (Å²) in [6.07, 6.45) is 2.70. The van der Waals surface area contributed by atoms with Crippen LogP contribution in [-0.4, -0.2) is 56.0 Å². The van der Waals surface area contributed by atoms with Crippen molar-refractivity contribution >= 4 is 23.2 Å². The molecule has 6 nitrogen and oxygen atoms in total. The molecule has 1 heterocycles. The summed E-state index contributed by atoms with van der Waals surface area (Å²) < 4.78 is 0. The molecule has 0 atom stereocenters. The van der Waals surface area contributed by atoms with Crippen molar-refractivity contribution in [3.63, 3.8) is 0 Å². The second-order valence-corrected chi connectivity index (χ2v) is 9.97. The summed E-state index contributed by atoms with van der Waals surface area (Å²) in [5.74, 6) is 0.617. The van der Waals surface area contributed by atoms with Crippen LogP contribution in [0.15, 0.2) is 18.2 Å². The number of rotatable bonds is 9. The average Bonchev–Trinajstić information content (AvgIpc) is 2.70. The quantitative estimate of drug-likeness (QED) is 0.611. The molecule has 1 aliphatic heterocycles. The maximum atomic E-state index is 13.1. The Balaban J connectivity index is 2.18. The minimum Gasteiger partial charge on any atom is -0.371 e. The molecule has 1 aromatic carbocycles. The van der Waals surface area contributed by atoms with Crippen LogP contribution >= 0.6 is 0 Å². The summed E-state index contributed by atoms with van der Waals surface area (Å²) in [7, 11) is 0. The number of piperidine rings is 1. The highest BCUT2D eigenvalue weighted by molar-refractivity contribution is 6.02. The van der Waals surface area contributed by atoms with Crippen LogP contribution in [0, 0.1) is 11.3 Å². The second kappa shape index (κ2) is 11.5. The number of hydrogen-bond donors (Lipinski definition) is 2. The molecule has 0 aromatic heterocycles. The Morgan fingerprint density at radius 2 is 1.77 bits per heavy atom. The number of anilines is 2. The summed E-state index contributed by atoms with van der Waals surface area (Å²) >= 11 is 0. The number of hydrogen-bond acceptors (Lipinski definition) is 4. The number of amides is 2. The predicted molar refractivity (Wildman–Crippen MR) is 130 cm³/mol. The minimum absolute atomic E-state index is 0.0278. The largest absolute Gasteiger partial charge is 0.371 e. The molecule has 0 bridgehead atoms. The lowest BCUT2D eigenvalue weighted by molar-refractivity contribution is -0.117. The Morgan fingerprint density at radius 1 is 1.13 bits per heavy atom. The SMILES string of the molecule is CCN(CC)CCNC(=O)c1cc(NC(=O)CC(C)(C)C)ccc1N1CCC(C)CC1. The van der Waals surface area contributed by atoms with E-state index in [2.05, 4.69) is 41.2 Å². The molecule has 2 amide bonds. The van der Waals surface area contributed by atoms with Crippen molar-refractivity contribution in [1.29, 1.82) is 0 Å². The van der Waals surface area contributed by atoms with Crippen molar-refractivity contribution in [2.45, 2.75) is 60.8 Å². The molecule has 2 rings (SSSR count). The number of nitrogens with one attached hydrogen (secondary N) is 2. The molecule has 0 saturated carbocycles. The van der Waals surface area contributed by atoms with Crippen LogP contribution in [0.4, 0.5) is 11.4 Å². The van der Waals surface area contributed by atoms with Crippen molar-refractivity contribution in [2.75, 3.05) is 49.5 Å². The first-order valence-corrected chi connectivity index (χ1v) is 11.8. The Kier molecular flexibility index (Phi) is 9.35. The van der Waals surface area contributed by atoms with Crippen LogP contribution < -0.4 is 15.5 Å². The molecule has 0 radical (unpaired) electrons. The lowest BCUT2D eigenvalue weighted by atomic mass is 9.92. The van der Waals surface area contributed by atoms with Gasteiger partial charge in [0, 0.05) is 44.0 Å². The molecular formula is C25H42N4O2. The maximum absolute atomic E-state index is 13.1. The normalized spacial score (nSPS) is 15.3. The van der Waals surface area contributed by atoms with E-state index in [0.29, 0.717) is 24.2 Å². The van der Waals surface area contributed by atoms with Gasteiger partial charge in [-0.3, -0.25) is 9.59 Å². The number of nitrogens with zero attached hydrogens (tertiary/aromatic N) is 2. The number of likely N-dealkylation sites (N-methyl/N-ethyl adjacent to an activating group) is 1. The smallest absolute Gasteiger partial charge is 0.253 e. The zero-order valence-corrected chi connectivity index (χ0v) is 20.4. The molecule has 31 heavy (non-hydrogen) atoms. The van der Waals surface area contributed by atoms with Crippen LogP contribution in [0.1, 0.15) is 71.2 Å². The molecule has 0 spiro atoms. The lowest BCUT2D eigenvalue weighted by Crippen LogP contribution is -2.37. The fourth-order valence-electron chi connectivity index (χ4n) is 3.97. The van der Waals surface area contributed by atoms with Gasteiger partial charge in [-0.15, -0.1) is 0 Å². The molecule has 1 aromatic rings. The first kappa shape index (κ1) is 25.2. The molecule has 0 aliphatic carbocycles. The molecule has 2 N–H and O–H groups in total. The van der Waals surface area contributed by atoms with E-state index in [1.54, 1.807) is 0 Å². The van der Waals surface area contributed by atoms with E-state index >= 15 is 0 Å². The van der Waals surface area contributed by atoms with Gasteiger partial charge in [-0.2, -0.15) is 0 Å². The van der Waals surface area contributed by atoms with Gasteiger partial charge in [0.15, 0.2) is 0 Å². The van der Waals surface area contributed by atoms with Crippen molar-refractivity contribution in [3.05, 3.63) is 23.8 Å². The third-order valence-corrected chi connectivity index (χ3v) is 5.95. The fraction of sp³-hybridized carbons (Fsp3) is 0.680. The molecule has 0 unspecified atom stereocenters. The Labute approximate surface area is 188 Å². The van der Waals surface area contributed by atoms with Gasteiger partial charge in [0.05, 0.1) is 5.56 Å². The van der Waals surface area contributed by atoms with Gasteiger partial charge in [0.25, 0.3) is 5.91 Å². The van der Waals surface area contributed by atoms with Gasteiger partial charge in [0.1, 0.15) is 0 Å². The highest BCUT2D eigenvalue weighted by atomic mass is 16.2. The maximum Gasteiger partial charge on any atom is 0.253 e. The van der Waals surface area contributed by atoms with Crippen molar-refractivity contribution in [1.82, 2.24) is 10.2 Å². The van der Waals surface area contributed by atoms with E-state index < -0.39 is 0 Å². The highest BCUT2D eigenvalue weighted by Crippen LogP contribution is 2.29. The summed E-state index contributed by atoms with van der Waals surface area (Å²) in [5.41, 5.74) is 2.19. The van der Waals surface area contributed by atoms with Crippen molar-refractivity contribution in [3.8, 4) is 0 Å². The van der Waals surface area contributed by atoms with Gasteiger partial charge < -0.3 is 20.4 Å². The molecular weight excluding hydrogens is 388 g/mol. The van der Waals surface area contributed by atoms with E-state index in [1.807, 2.05) is 39.0 Å². The zero-order valence-electron chi connectivity index (χ0n) is 20.4. The highest BCUT2D eigenvalue weighted by Gasteiger charge is 2.22. The van der Waals surface area contributed by atoms with E-state index in [0.717, 1.165) is 57.2 Å². The summed E-state index contributed by atoms with van der Waals surface area (Å²) in [5, 5.41) is 6.06. The fourth-order valence-corrected chi connectivity index (χ4v) is 3.97. The third-order valence-electron chi connectivity index (χ3n) is 5.95. The van der Waals surface area contributed by atoms with Gasteiger partial charge in [0.2, 0.25) is 5.91 Å². The minimum atomic E-state index is -0.0842. The van der Waals surface area contributed by atoms with Crippen LogP contribution in [0.5, 0.6) is 0 Å². The molecule has 1 saturated heterocycles. The number of benzene rings is 1. The van der Waals surface area contributed by atoms with Crippen LogP contribution in [0.3, 0.4) is 0 Å². The average molecular weight is 431 g/mol. The van der Waals surface area contributed by atoms with E-state index in [4.69, 9.17) is 0 Å². The monoisotopic (exact) mass is 430 g/mol. The molecule has 1 aliphatic rings. The van der Waals surface area contributed by atoms with Crippen LogP contribution in [-0.2, 0) is 4.79 Å².